The Labute approximate surface area is 105 Å². The molecule has 1 atom stereocenters. The van der Waals surface area contributed by atoms with Gasteiger partial charge in [-0.25, -0.2) is 8.78 Å². The molecule has 0 aliphatic carbocycles. The lowest BCUT2D eigenvalue weighted by Crippen LogP contribution is -2.17. The highest BCUT2D eigenvalue weighted by Gasteiger charge is 2.06. The average Bonchev–Trinajstić information content (AvgIpc) is 2.70. The van der Waals surface area contributed by atoms with Gasteiger partial charge < -0.3 is 10.3 Å². The molecule has 1 aromatic heterocycles. The lowest BCUT2D eigenvalue weighted by atomic mass is 10.1. The summed E-state index contributed by atoms with van der Waals surface area (Å²) in [6.07, 6.45) is 4.54. The number of hydrogen-bond acceptors (Lipinski definition) is 1. The van der Waals surface area contributed by atoms with Crippen LogP contribution < -0.4 is 5.73 Å². The fraction of sp³-hybridized carbons (Fsp3) is 0.286. The second-order valence-electron chi connectivity index (χ2n) is 4.61. The lowest BCUT2D eigenvalue weighted by Gasteiger charge is -2.05. The van der Waals surface area contributed by atoms with Gasteiger partial charge >= 0.3 is 0 Å². The lowest BCUT2D eigenvalue weighted by molar-refractivity contribution is 0.577. The predicted molar refractivity (Wildman–Crippen MR) is 67.2 cm³/mol. The van der Waals surface area contributed by atoms with Gasteiger partial charge in [0.25, 0.3) is 0 Å². The third-order valence-corrected chi connectivity index (χ3v) is 2.73. The molecule has 0 saturated heterocycles. The first-order chi connectivity index (χ1) is 8.54. The smallest absolute Gasteiger partial charge is 0.128 e. The van der Waals surface area contributed by atoms with Crippen molar-refractivity contribution in [1.82, 2.24) is 4.57 Å². The normalized spacial score (nSPS) is 12.7. The van der Waals surface area contributed by atoms with Gasteiger partial charge in [-0.2, -0.15) is 0 Å². The minimum atomic E-state index is -0.422. The largest absolute Gasteiger partial charge is 0.350 e. The van der Waals surface area contributed by atoms with E-state index in [1.165, 1.54) is 6.07 Å². The number of nitrogens with zero attached hydrogens (tertiary/aromatic N) is 1. The van der Waals surface area contributed by atoms with Gasteiger partial charge in [-0.05, 0) is 43.2 Å². The minimum Gasteiger partial charge on any atom is -0.350 e. The van der Waals surface area contributed by atoms with Crippen molar-refractivity contribution in [3.63, 3.8) is 0 Å². The van der Waals surface area contributed by atoms with Crippen LogP contribution >= 0.6 is 0 Å². The molecule has 0 aliphatic heterocycles. The minimum absolute atomic E-state index is 0.0896. The maximum absolute atomic E-state index is 13.5. The van der Waals surface area contributed by atoms with Gasteiger partial charge in [-0.3, -0.25) is 0 Å². The summed E-state index contributed by atoms with van der Waals surface area (Å²) in [6, 6.07) is 5.53. The standard InChI is InChI=1S/C14H16F2N2/c1-10(17)6-11-4-5-18(8-11)9-12-7-13(15)2-3-14(12)16/h2-5,7-8,10H,6,9,17H2,1H3. The van der Waals surface area contributed by atoms with Crippen molar-refractivity contribution < 1.29 is 8.78 Å². The van der Waals surface area contributed by atoms with Gasteiger partial charge in [0.15, 0.2) is 0 Å². The maximum Gasteiger partial charge on any atom is 0.128 e. The molecule has 0 bridgehead atoms. The number of rotatable bonds is 4. The predicted octanol–water partition coefficient (Wildman–Crippen LogP) is 2.70. The van der Waals surface area contributed by atoms with E-state index < -0.39 is 5.82 Å². The summed E-state index contributed by atoms with van der Waals surface area (Å²) >= 11 is 0. The van der Waals surface area contributed by atoms with Crippen molar-refractivity contribution in [2.75, 3.05) is 0 Å². The number of nitrogens with two attached hydrogens (primary N) is 1. The number of aromatic nitrogens is 1. The summed E-state index contributed by atoms with van der Waals surface area (Å²) in [6.45, 7) is 2.26. The Kier molecular flexibility index (Phi) is 3.77. The van der Waals surface area contributed by atoms with Crippen LogP contribution in [0.2, 0.25) is 0 Å². The molecule has 0 fully saturated rings. The molecule has 0 aliphatic rings. The second kappa shape index (κ2) is 5.31. The molecule has 96 valence electrons. The zero-order valence-corrected chi connectivity index (χ0v) is 10.2. The van der Waals surface area contributed by atoms with Crippen molar-refractivity contribution in [2.45, 2.75) is 25.9 Å². The highest BCUT2D eigenvalue weighted by atomic mass is 19.1. The van der Waals surface area contributed by atoms with Gasteiger partial charge in [0.05, 0.1) is 0 Å². The van der Waals surface area contributed by atoms with E-state index in [1.54, 1.807) is 0 Å². The molecule has 0 amide bonds. The van der Waals surface area contributed by atoms with Crippen LogP contribution in [0, 0.1) is 11.6 Å². The highest BCUT2D eigenvalue weighted by Crippen LogP contribution is 2.13. The summed E-state index contributed by atoms with van der Waals surface area (Å²) in [7, 11) is 0. The summed E-state index contributed by atoms with van der Waals surface area (Å²) < 4.78 is 28.3. The topological polar surface area (TPSA) is 30.9 Å². The molecule has 2 N–H and O–H groups in total. The highest BCUT2D eigenvalue weighted by molar-refractivity contribution is 5.20. The van der Waals surface area contributed by atoms with Gasteiger partial charge in [-0.15, -0.1) is 0 Å². The van der Waals surface area contributed by atoms with E-state index in [1.807, 2.05) is 30.0 Å². The molecule has 2 aromatic rings. The van der Waals surface area contributed by atoms with Crippen molar-refractivity contribution in [3.05, 3.63) is 59.4 Å². The molecule has 1 heterocycles. The Bertz CT molecular complexity index is 532. The monoisotopic (exact) mass is 250 g/mol. The first-order valence-electron chi connectivity index (χ1n) is 5.89. The number of hydrogen-bond donors (Lipinski definition) is 1. The van der Waals surface area contributed by atoms with Crippen molar-refractivity contribution in [3.8, 4) is 0 Å². The molecular formula is C14H16F2N2. The Morgan fingerprint density at radius 2 is 2.06 bits per heavy atom. The molecule has 1 unspecified atom stereocenters. The summed E-state index contributed by atoms with van der Waals surface area (Å²) in [5.41, 5.74) is 7.16. The number of benzene rings is 1. The zero-order valence-electron chi connectivity index (χ0n) is 10.2. The first kappa shape index (κ1) is 12.8. The van der Waals surface area contributed by atoms with Gasteiger partial charge in [0.2, 0.25) is 0 Å². The third kappa shape index (κ3) is 3.17. The molecule has 2 nitrogen and oxygen atoms in total. The van der Waals surface area contributed by atoms with Crippen LogP contribution in [0.3, 0.4) is 0 Å². The van der Waals surface area contributed by atoms with Crippen LogP contribution in [0.25, 0.3) is 0 Å². The van der Waals surface area contributed by atoms with E-state index in [9.17, 15) is 8.78 Å². The molecule has 0 radical (unpaired) electrons. The quantitative estimate of drug-likeness (QED) is 0.888. The summed E-state index contributed by atoms with van der Waals surface area (Å²) in [4.78, 5) is 0. The van der Waals surface area contributed by atoms with E-state index in [0.29, 0.717) is 12.1 Å². The van der Waals surface area contributed by atoms with Gasteiger partial charge in [0.1, 0.15) is 11.6 Å². The van der Waals surface area contributed by atoms with E-state index in [2.05, 4.69) is 0 Å². The van der Waals surface area contributed by atoms with Crippen molar-refractivity contribution >= 4 is 0 Å². The maximum atomic E-state index is 13.5. The average molecular weight is 250 g/mol. The first-order valence-corrected chi connectivity index (χ1v) is 5.89. The molecular weight excluding hydrogens is 234 g/mol. The van der Waals surface area contributed by atoms with Gasteiger partial charge in [-0.1, -0.05) is 0 Å². The van der Waals surface area contributed by atoms with Crippen molar-refractivity contribution in [2.24, 2.45) is 5.73 Å². The Morgan fingerprint density at radius 3 is 2.78 bits per heavy atom. The van der Waals surface area contributed by atoms with Crippen LogP contribution in [-0.2, 0) is 13.0 Å². The SMILES string of the molecule is CC(N)Cc1ccn(Cc2cc(F)ccc2F)c1. The van der Waals surface area contributed by atoms with Crippen LogP contribution in [0.5, 0.6) is 0 Å². The third-order valence-electron chi connectivity index (χ3n) is 2.73. The molecule has 0 saturated carbocycles. The number of halogens is 2. The fourth-order valence-corrected chi connectivity index (χ4v) is 1.94. The molecule has 2 rings (SSSR count). The summed E-state index contributed by atoms with van der Waals surface area (Å²) in [5, 5.41) is 0. The van der Waals surface area contributed by atoms with E-state index >= 15 is 0 Å². The van der Waals surface area contributed by atoms with E-state index in [4.69, 9.17) is 5.73 Å². The van der Waals surface area contributed by atoms with Crippen LogP contribution in [0.15, 0.2) is 36.7 Å². The molecule has 18 heavy (non-hydrogen) atoms. The molecule has 0 spiro atoms. The second-order valence-corrected chi connectivity index (χ2v) is 4.61. The zero-order chi connectivity index (χ0) is 13.1. The Hall–Kier alpha value is -1.68. The molecule has 4 heteroatoms. The van der Waals surface area contributed by atoms with Crippen LogP contribution in [-0.4, -0.2) is 10.6 Å². The van der Waals surface area contributed by atoms with Crippen molar-refractivity contribution in [1.29, 1.82) is 0 Å². The Morgan fingerprint density at radius 1 is 1.28 bits per heavy atom. The van der Waals surface area contributed by atoms with Gasteiger partial charge in [0, 0.05) is 30.5 Å². The summed E-state index contributed by atoms with van der Waals surface area (Å²) in [5.74, 6) is -0.812. The Balaban J connectivity index is 2.13. The van der Waals surface area contributed by atoms with Crippen LogP contribution in [0.1, 0.15) is 18.1 Å². The molecule has 1 aromatic carbocycles. The van der Waals surface area contributed by atoms with Crippen LogP contribution in [0.4, 0.5) is 8.78 Å². The fourth-order valence-electron chi connectivity index (χ4n) is 1.94. The van der Waals surface area contributed by atoms with E-state index in [-0.39, 0.29) is 11.9 Å². The van der Waals surface area contributed by atoms with E-state index in [0.717, 1.165) is 24.1 Å².